The van der Waals surface area contributed by atoms with Gasteiger partial charge in [0.2, 0.25) is 0 Å². The fraction of sp³-hybridized carbons (Fsp3) is 0.600. The monoisotopic (exact) mass is 320 g/mol. The summed E-state index contributed by atoms with van der Waals surface area (Å²) < 4.78 is 9.20. The van der Waals surface area contributed by atoms with Gasteiger partial charge in [-0.25, -0.2) is 19.2 Å². The van der Waals surface area contributed by atoms with Gasteiger partial charge >= 0.3 is 24.4 Å². The molecule has 0 aromatic carbocycles. The topological polar surface area (TPSA) is 177 Å². The summed E-state index contributed by atoms with van der Waals surface area (Å²) in [4.78, 5) is 40.3. The van der Waals surface area contributed by atoms with E-state index in [4.69, 9.17) is 10.2 Å². The van der Waals surface area contributed by atoms with E-state index in [2.05, 4.69) is 29.9 Å². The smallest absolute Gasteiger partial charge is 0.452 e. The summed E-state index contributed by atoms with van der Waals surface area (Å²) in [6, 6.07) is 0. The maximum Gasteiger partial charge on any atom is 0.452 e. The molecular formula is C10H16N4O8. The SMILES string of the molecule is CC(C)OC(=O)N=NC(=O)OC(C)C.O=C(O)/N=N/C(=O)O. The van der Waals surface area contributed by atoms with Crippen LogP contribution >= 0.6 is 0 Å². The first-order chi connectivity index (χ1) is 10.0. The Hall–Kier alpha value is -2.92. The van der Waals surface area contributed by atoms with Crippen LogP contribution < -0.4 is 0 Å². The van der Waals surface area contributed by atoms with Crippen molar-refractivity contribution in [2.75, 3.05) is 0 Å². The summed E-state index contributed by atoms with van der Waals surface area (Å²) in [6.45, 7) is 6.67. The average molecular weight is 320 g/mol. The Morgan fingerprint density at radius 3 is 1.14 bits per heavy atom. The number of nitrogens with zero attached hydrogens (tertiary/aromatic N) is 4. The molecule has 0 fully saturated rings. The highest BCUT2D eigenvalue weighted by Gasteiger charge is 2.06. The Morgan fingerprint density at radius 2 is 0.955 bits per heavy atom. The quantitative estimate of drug-likeness (QED) is 0.727. The van der Waals surface area contributed by atoms with Gasteiger partial charge < -0.3 is 19.7 Å². The lowest BCUT2D eigenvalue weighted by molar-refractivity contribution is 0.115. The summed E-state index contributed by atoms with van der Waals surface area (Å²) in [5.41, 5.74) is 0. The zero-order chi connectivity index (χ0) is 17.7. The molecule has 0 atom stereocenters. The van der Waals surface area contributed by atoms with Crippen molar-refractivity contribution in [2.45, 2.75) is 39.9 Å². The molecule has 0 aromatic heterocycles. The lowest BCUT2D eigenvalue weighted by Crippen LogP contribution is -2.09. The minimum absolute atomic E-state index is 0.289. The minimum Gasteiger partial charge on any atom is -0.462 e. The molecule has 0 aliphatic rings. The molecule has 0 unspecified atom stereocenters. The van der Waals surface area contributed by atoms with E-state index in [9.17, 15) is 19.2 Å². The third-order valence-corrected chi connectivity index (χ3v) is 1.11. The zero-order valence-corrected chi connectivity index (χ0v) is 12.3. The van der Waals surface area contributed by atoms with Crippen LogP contribution in [-0.4, -0.2) is 46.8 Å². The van der Waals surface area contributed by atoms with Crippen LogP contribution in [0.4, 0.5) is 19.2 Å². The van der Waals surface area contributed by atoms with Gasteiger partial charge in [-0.15, -0.1) is 0 Å². The van der Waals surface area contributed by atoms with Crippen LogP contribution in [0.5, 0.6) is 0 Å². The highest BCUT2D eigenvalue weighted by molar-refractivity contribution is 5.73. The van der Waals surface area contributed by atoms with Crippen molar-refractivity contribution < 1.29 is 38.9 Å². The molecule has 0 radical (unpaired) electrons. The van der Waals surface area contributed by atoms with Gasteiger partial charge in [-0.1, -0.05) is 20.5 Å². The first-order valence-electron chi connectivity index (χ1n) is 5.75. The molecule has 12 nitrogen and oxygen atoms in total. The summed E-state index contributed by atoms with van der Waals surface area (Å²) in [5.74, 6) is 0. The molecule has 0 aliphatic heterocycles. The van der Waals surface area contributed by atoms with Crippen LogP contribution in [0.3, 0.4) is 0 Å². The molecule has 124 valence electrons. The molecule has 0 spiro atoms. The number of ether oxygens (including phenoxy) is 2. The van der Waals surface area contributed by atoms with E-state index in [1.807, 2.05) is 0 Å². The van der Waals surface area contributed by atoms with Crippen LogP contribution in [0.15, 0.2) is 20.5 Å². The lowest BCUT2D eigenvalue weighted by Gasteiger charge is -2.03. The van der Waals surface area contributed by atoms with Crippen molar-refractivity contribution in [1.82, 2.24) is 0 Å². The Kier molecular flexibility index (Phi) is 11.5. The summed E-state index contributed by atoms with van der Waals surface area (Å²) >= 11 is 0. The minimum atomic E-state index is -1.62. The van der Waals surface area contributed by atoms with E-state index in [0.29, 0.717) is 0 Å². The van der Waals surface area contributed by atoms with Gasteiger partial charge in [0.1, 0.15) is 0 Å². The number of carbonyl (C=O) groups excluding carboxylic acids is 2. The Morgan fingerprint density at radius 1 is 0.682 bits per heavy atom. The van der Waals surface area contributed by atoms with E-state index in [1.165, 1.54) is 0 Å². The second-order valence-electron chi connectivity index (χ2n) is 3.83. The molecule has 0 aromatic rings. The molecule has 4 amide bonds. The van der Waals surface area contributed by atoms with Gasteiger partial charge in [0.05, 0.1) is 12.2 Å². The van der Waals surface area contributed by atoms with E-state index in [0.717, 1.165) is 0 Å². The fourth-order valence-electron chi connectivity index (χ4n) is 0.618. The van der Waals surface area contributed by atoms with Gasteiger partial charge in [-0.05, 0) is 27.7 Å². The zero-order valence-electron chi connectivity index (χ0n) is 12.3. The summed E-state index contributed by atoms with van der Waals surface area (Å²) in [5, 5.41) is 25.8. The third kappa shape index (κ3) is 19.4. The number of hydrogen-bond donors (Lipinski definition) is 2. The first kappa shape index (κ1) is 21.4. The van der Waals surface area contributed by atoms with Crippen molar-refractivity contribution in [3.63, 3.8) is 0 Å². The molecule has 0 rings (SSSR count). The number of carbonyl (C=O) groups is 4. The maximum absolute atomic E-state index is 10.8. The van der Waals surface area contributed by atoms with Crippen molar-refractivity contribution in [1.29, 1.82) is 0 Å². The number of amides is 4. The lowest BCUT2D eigenvalue weighted by atomic mass is 10.5. The molecule has 12 heteroatoms. The number of carboxylic acid groups (broad SMARTS) is 2. The summed E-state index contributed by atoms with van der Waals surface area (Å²) in [6.07, 6.45) is -5.62. The second-order valence-corrected chi connectivity index (χ2v) is 3.83. The molecule has 0 saturated heterocycles. The van der Waals surface area contributed by atoms with Crippen molar-refractivity contribution in [2.24, 2.45) is 20.5 Å². The third-order valence-electron chi connectivity index (χ3n) is 1.11. The molecule has 0 aliphatic carbocycles. The predicted molar refractivity (Wildman–Crippen MR) is 69.0 cm³/mol. The largest absolute Gasteiger partial charge is 0.462 e. The Labute approximate surface area is 124 Å². The van der Waals surface area contributed by atoms with Gasteiger partial charge in [-0.2, -0.15) is 0 Å². The molecule has 0 bridgehead atoms. The maximum atomic E-state index is 10.8. The van der Waals surface area contributed by atoms with E-state index in [-0.39, 0.29) is 12.2 Å². The van der Waals surface area contributed by atoms with Crippen LogP contribution in [0, 0.1) is 0 Å². The fourth-order valence-corrected chi connectivity index (χ4v) is 0.618. The first-order valence-corrected chi connectivity index (χ1v) is 5.75. The van der Waals surface area contributed by atoms with E-state index < -0.39 is 24.4 Å². The van der Waals surface area contributed by atoms with Gasteiger partial charge in [0, 0.05) is 0 Å². The van der Waals surface area contributed by atoms with Crippen LogP contribution in [0.1, 0.15) is 27.7 Å². The molecule has 0 heterocycles. The standard InChI is InChI=1S/C8H14N2O4.C2H2N2O4/c1-5(2)13-7(11)9-10-8(12)14-6(3)4;5-1(6)3-4-2(7)8/h5-6H,1-4H3;(H,5,6)(H,7,8)/b;4-3+. The Balaban J connectivity index is 0. The van der Waals surface area contributed by atoms with Gasteiger partial charge in [-0.3, -0.25) is 0 Å². The van der Waals surface area contributed by atoms with E-state index >= 15 is 0 Å². The molecular weight excluding hydrogens is 304 g/mol. The number of hydrogen-bond acceptors (Lipinski definition) is 6. The second kappa shape index (κ2) is 11.9. The Bertz CT molecular complexity index is 418. The normalized spacial score (nSPS) is 10.5. The molecule has 22 heavy (non-hydrogen) atoms. The molecule has 2 N–H and O–H groups in total. The van der Waals surface area contributed by atoms with Crippen LogP contribution in [0.25, 0.3) is 0 Å². The predicted octanol–water partition coefficient (Wildman–Crippen LogP) is 3.32. The van der Waals surface area contributed by atoms with Crippen molar-refractivity contribution >= 4 is 24.4 Å². The number of azo groups is 2. The van der Waals surface area contributed by atoms with Crippen LogP contribution in [0.2, 0.25) is 0 Å². The van der Waals surface area contributed by atoms with Gasteiger partial charge in [0.15, 0.2) is 0 Å². The van der Waals surface area contributed by atoms with Crippen molar-refractivity contribution in [3.8, 4) is 0 Å². The highest BCUT2D eigenvalue weighted by Crippen LogP contribution is 1.96. The van der Waals surface area contributed by atoms with E-state index in [1.54, 1.807) is 27.7 Å². The average Bonchev–Trinajstić information content (AvgIpc) is 2.33. The molecule has 0 saturated carbocycles. The van der Waals surface area contributed by atoms with Gasteiger partial charge in [0.25, 0.3) is 0 Å². The van der Waals surface area contributed by atoms with Crippen LogP contribution in [-0.2, 0) is 9.47 Å². The highest BCUT2D eigenvalue weighted by atomic mass is 16.6. The van der Waals surface area contributed by atoms with Crippen molar-refractivity contribution in [3.05, 3.63) is 0 Å². The summed E-state index contributed by atoms with van der Waals surface area (Å²) in [7, 11) is 0. The number of rotatable bonds is 2.